The molecular formula is C12H11BrClN3S. The number of rotatable bonds is 4. The predicted octanol–water partition coefficient (Wildman–Crippen LogP) is 4.12. The number of nitrogens with zero attached hydrogens (tertiary/aromatic N) is 3. The van der Waals surface area contributed by atoms with Crippen LogP contribution in [0.15, 0.2) is 27.5 Å². The third-order valence-electron chi connectivity index (χ3n) is 2.89. The minimum absolute atomic E-state index is 0.296. The number of aromatic nitrogens is 2. The van der Waals surface area contributed by atoms with Crippen molar-refractivity contribution in [2.45, 2.75) is 25.4 Å². The summed E-state index contributed by atoms with van der Waals surface area (Å²) in [5, 5.41) is 4.57. The van der Waals surface area contributed by atoms with Crippen molar-refractivity contribution in [2.75, 3.05) is 4.90 Å². The Kier molecular flexibility index (Phi) is 3.54. The molecule has 0 unspecified atom stereocenters. The second-order valence-corrected chi connectivity index (χ2v) is 6.27. The Labute approximate surface area is 123 Å². The van der Waals surface area contributed by atoms with Crippen LogP contribution in [0.25, 0.3) is 0 Å². The molecule has 0 bridgehead atoms. The van der Waals surface area contributed by atoms with Gasteiger partial charge in [-0.15, -0.1) is 0 Å². The highest BCUT2D eigenvalue weighted by molar-refractivity contribution is 9.10. The number of hydrogen-bond acceptors (Lipinski definition) is 4. The highest BCUT2D eigenvalue weighted by Gasteiger charge is 2.31. The summed E-state index contributed by atoms with van der Waals surface area (Å²) in [5.74, 6) is 0.892. The van der Waals surface area contributed by atoms with Crippen LogP contribution in [-0.4, -0.2) is 16.0 Å². The Morgan fingerprint density at radius 2 is 2.33 bits per heavy atom. The van der Waals surface area contributed by atoms with E-state index in [0.29, 0.717) is 11.3 Å². The fraction of sp³-hybridized carbons (Fsp3) is 0.333. The molecule has 0 atom stereocenters. The van der Waals surface area contributed by atoms with Gasteiger partial charge in [0, 0.05) is 18.8 Å². The predicted molar refractivity (Wildman–Crippen MR) is 78.3 cm³/mol. The van der Waals surface area contributed by atoms with Crippen LogP contribution in [0.2, 0.25) is 5.28 Å². The Bertz CT molecular complexity index is 542. The monoisotopic (exact) mass is 343 g/mol. The summed E-state index contributed by atoms with van der Waals surface area (Å²) in [7, 11) is 0. The largest absolute Gasteiger partial charge is 0.348 e. The van der Waals surface area contributed by atoms with Gasteiger partial charge in [-0.25, -0.2) is 4.98 Å². The van der Waals surface area contributed by atoms with Crippen LogP contribution in [-0.2, 0) is 6.54 Å². The van der Waals surface area contributed by atoms with Crippen LogP contribution in [0.5, 0.6) is 0 Å². The lowest BCUT2D eigenvalue weighted by Gasteiger charge is -2.24. The molecule has 3 rings (SSSR count). The van der Waals surface area contributed by atoms with E-state index in [1.54, 1.807) is 17.5 Å². The molecule has 2 aromatic heterocycles. The number of anilines is 1. The Balaban J connectivity index is 1.91. The van der Waals surface area contributed by atoms with Crippen molar-refractivity contribution in [3.05, 3.63) is 38.3 Å². The van der Waals surface area contributed by atoms with Gasteiger partial charge in [0.25, 0.3) is 0 Å². The molecule has 1 aliphatic carbocycles. The van der Waals surface area contributed by atoms with E-state index in [4.69, 9.17) is 11.6 Å². The molecule has 0 aromatic carbocycles. The van der Waals surface area contributed by atoms with Gasteiger partial charge in [0.1, 0.15) is 5.82 Å². The highest BCUT2D eigenvalue weighted by atomic mass is 79.9. The van der Waals surface area contributed by atoms with Crippen LogP contribution < -0.4 is 4.90 Å². The quantitative estimate of drug-likeness (QED) is 0.781. The summed E-state index contributed by atoms with van der Waals surface area (Å²) in [5.41, 5.74) is 1.31. The molecule has 6 heteroatoms. The first kappa shape index (κ1) is 12.4. The van der Waals surface area contributed by atoms with E-state index in [9.17, 15) is 0 Å². The van der Waals surface area contributed by atoms with Crippen molar-refractivity contribution < 1.29 is 0 Å². The van der Waals surface area contributed by atoms with Gasteiger partial charge in [-0.2, -0.15) is 16.3 Å². The first-order valence-electron chi connectivity index (χ1n) is 5.70. The minimum atomic E-state index is 0.296. The third kappa shape index (κ3) is 2.68. The van der Waals surface area contributed by atoms with Crippen LogP contribution in [0, 0.1) is 0 Å². The van der Waals surface area contributed by atoms with Crippen molar-refractivity contribution >= 4 is 44.7 Å². The Morgan fingerprint density at radius 1 is 1.50 bits per heavy atom. The average molecular weight is 345 g/mol. The number of thiophene rings is 1. The fourth-order valence-electron chi connectivity index (χ4n) is 1.88. The smallest absolute Gasteiger partial charge is 0.224 e. The van der Waals surface area contributed by atoms with Gasteiger partial charge in [-0.05, 0) is 62.8 Å². The zero-order chi connectivity index (χ0) is 12.5. The van der Waals surface area contributed by atoms with E-state index in [1.165, 1.54) is 18.4 Å². The molecule has 0 saturated heterocycles. The van der Waals surface area contributed by atoms with E-state index in [1.807, 2.05) is 0 Å². The van der Waals surface area contributed by atoms with Gasteiger partial charge in [0.15, 0.2) is 0 Å². The average Bonchev–Trinajstić information content (AvgIpc) is 3.07. The van der Waals surface area contributed by atoms with Crippen LogP contribution in [0.4, 0.5) is 5.82 Å². The molecule has 1 fully saturated rings. The van der Waals surface area contributed by atoms with Gasteiger partial charge in [0.05, 0.1) is 4.47 Å². The molecule has 0 N–H and O–H groups in total. The molecular weight excluding hydrogens is 334 g/mol. The maximum atomic E-state index is 5.90. The third-order valence-corrected chi connectivity index (χ3v) is 4.36. The zero-order valence-electron chi connectivity index (χ0n) is 9.51. The van der Waals surface area contributed by atoms with Crippen molar-refractivity contribution in [3.63, 3.8) is 0 Å². The van der Waals surface area contributed by atoms with Gasteiger partial charge in [-0.3, -0.25) is 0 Å². The van der Waals surface area contributed by atoms with Crippen LogP contribution >= 0.6 is 38.9 Å². The van der Waals surface area contributed by atoms with Gasteiger partial charge in [0.2, 0.25) is 5.28 Å². The summed E-state index contributed by atoms with van der Waals surface area (Å²) in [6.45, 7) is 0.875. The molecule has 1 saturated carbocycles. The molecule has 2 heterocycles. The van der Waals surface area contributed by atoms with Gasteiger partial charge >= 0.3 is 0 Å². The molecule has 1 aliphatic rings. The van der Waals surface area contributed by atoms with Crippen molar-refractivity contribution in [1.82, 2.24) is 9.97 Å². The van der Waals surface area contributed by atoms with Gasteiger partial charge in [-0.1, -0.05) is 0 Å². The van der Waals surface area contributed by atoms with E-state index in [0.717, 1.165) is 16.8 Å². The minimum Gasteiger partial charge on any atom is -0.348 e. The van der Waals surface area contributed by atoms with Crippen LogP contribution in [0.3, 0.4) is 0 Å². The lowest BCUT2D eigenvalue weighted by atomic mass is 10.3. The normalized spacial score (nSPS) is 14.8. The maximum Gasteiger partial charge on any atom is 0.224 e. The molecule has 0 amide bonds. The highest BCUT2D eigenvalue weighted by Crippen LogP contribution is 2.36. The van der Waals surface area contributed by atoms with Crippen molar-refractivity contribution in [1.29, 1.82) is 0 Å². The van der Waals surface area contributed by atoms with E-state index in [-0.39, 0.29) is 0 Å². The first-order valence-corrected chi connectivity index (χ1v) is 7.81. The molecule has 18 heavy (non-hydrogen) atoms. The molecule has 3 nitrogen and oxygen atoms in total. The molecule has 0 aliphatic heterocycles. The lowest BCUT2D eigenvalue weighted by Crippen LogP contribution is -2.26. The molecule has 0 radical (unpaired) electrons. The molecule has 94 valence electrons. The summed E-state index contributed by atoms with van der Waals surface area (Å²) >= 11 is 11.1. The van der Waals surface area contributed by atoms with Gasteiger partial charge < -0.3 is 4.90 Å². The second kappa shape index (κ2) is 5.15. The summed E-state index contributed by atoms with van der Waals surface area (Å²) in [4.78, 5) is 10.6. The zero-order valence-corrected chi connectivity index (χ0v) is 12.7. The number of hydrogen-bond donors (Lipinski definition) is 0. The van der Waals surface area contributed by atoms with Crippen LogP contribution in [0.1, 0.15) is 18.4 Å². The Hall–Kier alpha value is -0.650. The van der Waals surface area contributed by atoms with Crippen molar-refractivity contribution in [2.24, 2.45) is 0 Å². The van der Waals surface area contributed by atoms with E-state index in [2.05, 4.69) is 47.6 Å². The topological polar surface area (TPSA) is 29.0 Å². The van der Waals surface area contributed by atoms with E-state index >= 15 is 0 Å². The summed E-state index contributed by atoms with van der Waals surface area (Å²) in [6, 6.07) is 2.73. The van der Waals surface area contributed by atoms with E-state index < -0.39 is 0 Å². The maximum absolute atomic E-state index is 5.90. The molecule has 2 aromatic rings. The first-order chi connectivity index (χ1) is 8.74. The standard InChI is InChI=1S/C12H11BrClN3S/c13-10-5-15-12(14)16-11(10)17(9-1-2-9)6-8-3-4-18-7-8/h3-5,7,9H,1-2,6H2. The van der Waals surface area contributed by atoms with Crippen molar-refractivity contribution in [3.8, 4) is 0 Å². The summed E-state index contributed by atoms with van der Waals surface area (Å²) in [6.07, 6.45) is 4.16. The lowest BCUT2D eigenvalue weighted by molar-refractivity contribution is 0.774. The fourth-order valence-corrected chi connectivity index (χ4v) is 3.09. The second-order valence-electron chi connectivity index (χ2n) is 4.30. The SMILES string of the molecule is Clc1ncc(Br)c(N(Cc2ccsc2)C2CC2)n1. The number of halogens is 2. The molecule has 0 spiro atoms. The summed E-state index contributed by atoms with van der Waals surface area (Å²) < 4.78 is 0.897. The Morgan fingerprint density at radius 3 is 3.00 bits per heavy atom.